The zero-order valence-corrected chi connectivity index (χ0v) is 77.5. The summed E-state index contributed by atoms with van der Waals surface area (Å²) in [4.78, 5) is 65.9. The second-order valence-corrected chi connectivity index (χ2v) is 29.5. The van der Waals surface area contributed by atoms with E-state index in [0.29, 0.717) is 29.2 Å². The number of rotatable bonds is 9. The predicted octanol–water partition coefficient (Wildman–Crippen LogP) is 21.8. The molecule has 12 heterocycles. The Morgan fingerprint density at radius 2 is 0.607 bits per heavy atom. The van der Waals surface area contributed by atoms with Gasteiger partial charge in [-0.3, -0.25) is 31.2 Å². The van der Waals surface area contributed by atoms with Gasteiger partial charge in [0.15, 0.2) is 5.69 Å². The summed E-state index contributed by atoms with van der Waals surface area (Å²) in [5.41, 5.74) is 17.5. The van der Waals surface area contributed by atoms with Gasteiger partial charge in [-0.2, -0.15) is 53.5 Å². The molecule has 0 aliphatic carbocycles. The maximum absolute atomic E-state index is 13.8. The first-order valence-corrected chi connectivity index (χ1v) is 40.4. The Labute approximate surface area is 804 Å². The summed E-state index contributed by atoms with van der Waals surface area (Å²) in [7, 11) is 0. The van der Waals surface area contributed by atoms with Gasteiger partial charge in [0.25, 0.3) is 0 Å². The number of aryl methyl sites for hydroxylation is 3. The molecule has 0 saturated carbocycles. The van der Waals surface area contributed by atoms with Crippen molar-refractivity contribution in [1.29, 1.82) is 0 Å². The molecule has 0 spiro atoms. The Balaban J connectivity index is 0.000000119. The van der Waals surface area contributed by atoms with E-state index >= 15 is 0 Å². The number of nitrogens with zero attached hydrogens (tertiary/aromatic N) is 22. The Morgan fingerprint density at radius 3 is 0.956 bits per heavy atom. The van der Waals surface area contributed by atoms with E-state index in [2.05, 4.69) is 190 Å². The molecule has 0 aliphatic rings. The Kier molecular flexibility index (Phi) is 27.8. The molecule has 0 unspecified atom stereocenters. The molecule has 12 aromatic carbocycles. The van der Waals surface area contributed by atoms with Gasteiger partial charge in [0.1, 0.15) is 43.8 Å². The summed E-state index contributed by atoms with van der Waals surface area (Å²) >= 11 is 0. The maximum atomic E-state index is 13.8. The van der Waals surface area contributed by atoms with E-state index < -0.39 is 46.4 Å². The summed E-state index contributed by atoms with van der Waals surface area (Å²) in [5.74, 6) is -5.39. The van der Waals surface area contributed by atoms with E-state index in [-0.39, 0.29) is 82.7 Å². The van der Waals surface area contributed by atoms with Crippen LogP contribution in [-0.2, 0) is 60.3 Å². The van der Waals surface area contributed by atoms with Crippen LogP contribution in [-0.4, -0.2) is 102 Å². The molecule has 0 amide bonds. The first-order chi connectivity index (χ1) is 64.6. The number of fused-ring (bicyclic) bond motifs is 12. The fourth-order valence-corrected chi connectivity index (χ4v) is 15.1. The first kappa shape index (κ1) is 92.2. The Morgan fingerprint density at radius 1 is 0.289 bits per heavy atom. The van der Waals surface area contributed by atoms with E-state index in [4.69, 9.17) is 6.57 Å². The third-order valence-electron chi connectivity index (χ3n) is 21.2. The van der Waals surface area contributed by atoms with Crippen LogP contribution in [0.25, 0.3) is 172 Å². The maximum Gasteiger partial charge on any atom is 3.00 e. The van der Waals surface area contributed by atoms with E-state index in [1.807, 2.05) is 175 Å². The average Bonchev–Trinajstić information content (AvgIpc) is 1.60. The molecule has 0 saturated heterocycles. The second-order valence-electron chi connectivity index (χ2n) is 29.5. The van der Waals surface area contributed by atoms with Crippen LogP contribution in [0.5, 0.6) is 0 Å². The number of pyridine rings is 3. The minimum absolute atomic E-state index is 0. The summed E-state index contributed by atoms with van der Waals surface area (Å²) in [6.45, 7) is 12.2. The number of benzene rings is 12. The molecule has 0 radical (unpaired) electrons. The number of aromatic nitrogens is 21. The van der Waals surface area contributed by atoms with Gasteiger partial charge in [-0.15, -0.1) is 58.1 Å². The fourth-order valence-electron chi connectivity index (χ4n) is 15.1. The molecule has 0 fully saturated rings. The van der Waals surface area contributed by atoms with Gasteiger partial charge in [-0.25, -0.2) is 67.4 Å². The molecule has 32 heteroatoms. The summed E-state index contributed by atoms with van der Waals surface area (Å²) in [6.07, 6.45) is 22.9. The SMILES string of the molecule is Cc1ccnc(-c2[c-]cc(F)c(F)c2F)c1.Cc1ccnc(-c2[c-]cc(F)cc2F)c1.[C-]#[N+]c1c(F)c[c-]c(-c2cc(C)ccn2)c1F.[Ir+3].[Ir+3].[Ir+3].[c-]1cc2c3ccccc3n(-c3ncncn3)c2cc1-n1[c-]nc2ccccc21.[c-]1cc2c3ccccc3n(-c3ncncn3)c2cc1-n1[c-]nc2ccccc21.[c-]1cc2c3ccccc3n(-c3ncncn3)c2cc1-n1[c-]nc2ccccc21. The topological polar surface area (TPSA) is 227 Å². The van der Waals surface area contributed by atoms with E-state index in [0.717, 1.165) is 157 Å². The molecule has 656 valence electrons. The molecule has 24 rings (SSSR count). The molecule has 12 aromatic heterocycles. The van der Waals surface area contributed by atoms with E-state index in [1.54, 1.807) is 43.5 Å². The van der Waals surface area contributed by atoms with E-state index in [1.165, 1.54) is 50.4 Å². The monoisotopic (exact) mass is 2310 g/mol. The van der Waals surface area contributed by atoms with Gasteiger partial charge in [-0.05, 0) is 107 Å². The number of halogens is 7. The molecule has 0 N–H and O–H groups in total. The number of para-hydroxylation sites is 9. The first-order valence-electron chi connectivity index (χ1n) is 40.4. The van der Waals surface area contributed by atoms with Crippen molar-refractivity contribution in [2.75, 3.05) is 0 Å². The Bertz CT molecular complexity index is 7970. The minimum atomic E-state index is -1.50. The molecular formula is C103H58F7Ir3N22. The molecule has 22 nitrogen and oxygen atoms in total. The molecule has 0 bridgehead atoms. The fraction of sp³-hybridized carbons (Fsp3) is 0.0291. The van der Waals surface area contributed by atoms with Crippen LogP contribution in [0.3, 0.4) is 0 Å². The van der Waals surface area contributed by atoms with Crippen molar-refractivity contribution < 1.29 is 91.0 Å². The van der Waals surface area contributed by atoms with Gasteiger partial charge in [0.2, 0.25) is 17.8 Å². The molecule has 0 aliphatic heterocycles. The van der Waals surface area contributed by atoms with Gasteiger partial charge < -0.3 is 57.3 Å². The molecule has 24 aromatic rings. The van der Waals surface area contributed by atoms with Crippen LogP contribution in [0.4, 0.5) is 36.4 Å². The van der Waals surface area contributed by atoms with Crippen LogP contribution >= 0.6 is 0 Å². The normalized spacial score (nSPS) is 10.9. The smallest absolute Gasteiger partial charge is 0.448 e. The van der Waals surface area contributed by atoms with Crippen LogP contribution in [0.1, 0.15) is 16.7 Å². The van der Waals surface area contributed by atoms with Gasteiger partial charge in [-0.1, -0.05) is 213 Å². The van der Waals surface area contributed by atoms with Crippen molar-refractivity contribution in [2.24, 2.45) is 0 Å². The molecular weight excluding hydrogens is 2250 g/mol. The van der Waals surface area contributed by atoms with Gasteiger partial charge >= 0.3 is 60.3 Å². The van der Waals surface area contributed by atoms with Crippen molar-refractivity contribution in [1.82, 2.24) is 102 Å². The zero-order valence-electron chi connectivity index (χ0n) is 70.3. The van der Waals surface area contributed by atoms with Crippen LogP contribution in [0.15, 0.2) is 299 Å². The number of hydrogen-bond donors (Lipinski definition) is 0. The van der Waals surface area contributed by atoms with Gasteiger partial charge in [0, 0.05) is 77.4 Å². The quantitative estimate of drug-likeness (QED) is 0.0743. The van der Waals surface area contributed by atoms with Crippen LogP contribution in [0.2, 0.25) is 0 Å². The van der Waals surface area contributed by atoms with Crippen molar-refractivity contribution >= 4 is 104 Å². The zero-order chi connectivity index (χ0) is 90.5. The van der Waals surface area contributed by atoms with Crippen molar-refractivity contribution in [3.05, 3.63) is 423 Å². The summed E-state index contributed by atoms with van der Waals surface area (Å²) < 4.78 is 104. The van der Waals surface area contributed by atoms with Crippen molar-refractivity contribution in [3.8, 4) is 68.7 Å². The third kappa shape index (κ3) is 18.7. The Hall–Kier alpha value is -16.1. The third-order valence-corrected chi connectivity index (χ3v) is 21.2. The van der Waals surface area contributed by atoms with Crippen LogP contribution < -0.4 is 0 Å². The average molecular weight is 2310 g/mol. The molecule has 135 heavy (non-hydrogen) atoms. The minimum Gasteiger partial charge on any atom is -0.448 e. The number of hydrogen-bond acceptors (Lipinski definition) is 15. The second kappa shape index (κ2) is 40.7. The summed E-state index contributed by atoms with van der Waals surface area (Å²) in [5, 5.41) is 6.64. The largest absolute Gasteiger partial charge is 3.00 e. The number of imidazole rings is 3. The molecule has 0 atom stereocenters. The standard InChI is InChI=1S/3C22H12N6.C13H7F2N2.C12H7F3N.C12H8F2N.3Ir/c3*1-3-7-19-16(5-1)17-10-9-15(27-14-26-18-6-2-4-8-20(18)27)11-21(17)28(19)22-24-12-23-13-25-22;1-8-5-6-17-11(7-8)9-3-4-10(14)13(16-2)12(9)15;1-7-4-5-16-10(6-7)8-2-3-9(13)12(15)11(8)14;1-8-4-5-15-12(6-8)10-3-2-9(13)7-11(10)14;;;/h3*1-8,10-13H;4-7H,1H3;3-6H,1H3;2,4-7H,1H3;;;/q3*-2;3*-1;3*+3. The van der Waals surface area contributed by atoms with E-state index in [9.17, 15) is 30.7 Å². The van der Waals surface area contributed by atoms with Crippen molar-refractivity contribution in [2.45, 2.75) is 20.8 Å². The van der Waals surface area contributed by atoms with Crippen molar-refractivity contribution in [3.63, 3.8) is 0 Å². The van der Waals surface area contributed by atoms with Gasteiger partial charge in [0.05, 0.1) is 18.2 Å². The predicted molar refractivity (Wildman–Crippen MR) is 485 cm³/mol. The van der Waals surface area contributed by atoms with Crippen LogP contribution in [0, 0.1) is 123 Å². The summed E-state index contributed by atoms with van der Waals surface area (Å²) in [6, 6.07) is 92.2.